The molecule has 2 aromatic heterocycles. The third-order valence-corrected chi connectivity index (χ3v) is 4.05. The smallest absolute Gasteiger partial charge is 0.0804 e. The van der Waals surface area contributed by atoms with Crippen LogP contribution in [0.15, 0.2) is 29.8 Å². The first kappa shape index (κ1) is 13.5. The molecule has 1 N–H and O–H groups in total. The molecule has 0 aliphatic carbocycles. The first-order chi connectivity index (χ1) is 8.74. The molecule has 2 nitrogen and oxygen atoms in total. The number of pyridine rings is 1. The Labute approximate surface area is 117 Å². The number of halogens is 1. The SMILES string of the molecule is CCCNC(c1ccsc1C)c1ncccc1Cl. The van der Waals surface area contributed by atoms with E-state index in [1.54, 1.807) is 17.5 Å². The molecule has 0 radical (unpaired) electrons. The highest BCUT2D eigenvalue weighted by molar-refractivity contribution is 7.10. The van der Waals surface area contributed by atoms with Crippen molar-refractivity contribution in [3.8, 4) is 0 Å². The molecule has 0 spiro atoms. The first-order valence-corrected chi connectivity index (χ1v) is 7.37. The second kappa shape index (κ2) is 6.32. The van der Waals surface area contributed by atoms with Gasteiger partial charge in [-0.05, 0) is 49.0 Å². The van der Waals surface area contributed by atoms with Crippen LogP contribution in [0.4, 0.5) is 0 Å². The fourth-order valence-corrected chi connectivity index (χ4v) is 2.92. The van der Waals surface area contributed by atoms with Crippen LogP contribution >= 0.6 is 22.9 Å². The summed E-state index contributed by atoms with van der Waals surface area (Å²) in [5, 5.41) is 6.36. The van der Waals surface area contributed by atoms with Crippen molar-refractivity contribution in [1.29, 1.82) is 0 Å². The number of nitrogens with zero attached hydrogens (tertiary/aromatic N) is 1. The Bertz CT molecular complexity index is 510. The molecule has 2 heterocycles. The van der Waals surface area contributed by atoms with Crippen LogP contribution in [0.2, 0.25) is 5.02 Å². The monoisotopic (exact) mass is 280 g/mol. The fraction of sp³-hybridized carbons (Fsp3) is 0.357. The molecule has 0 aliphatic heterocycles. The number of aryl methyl sites for hydroxylation is 1. The number of nitrogens with one attached hydrogen (secondary N) is 1. The number of aromatic nitrogens is 1. The van der Waals surface area contributed by atoms with Gasteiger partial charge >= 0.3 is 0 Å². The molecule has 96 valence electrons. The molecule has 1 atom stereocenters. The average molecular weight is 281 g/mol. The molecule has 0 saturated carbocycles. The molecule has 0 aromatic carbocycles. The van der Waals surface area contributed by atoms with Crippen molar-refractivity contribution < 1.29 is 0 Å². The Balaban J connectivity index is 2.37. The molecule has 0 fully saturated rings. The lowest BCUT2D eigenvalue weighted by molar-refractivity contribution is 0.586. The predicted octanol–water partition coefficient (Wildman–Crippen LogP) is 4.19. The molecule has 18 heavy (non-hydrogen) atoms. The van der Waals surface area contributed by atoms with E-state index < -0.39 is 0 Å². The zero-order valence-corrected chi connectivity index (χ0v) is 12.2. The van der Waals surface area contributed by atoms with Gasteiger partial charge in [-0.15, -0.1) is 11.3 Å². The minimum absolute atomic E-state index is 0.0879. The second-order valence-electron chi connectivity index (χ2n) is 4.19. The molecular weight excluding hydrogens is 264 g/mol. The van der Waals surface area contributed by atoms with Crippen molar-refractivity contribution in [3.05, 3.63) is 50.9 Å². The van der Waals surface area contributed by atoms with Gasteiger partial charge < -0.3 is 5.32 Å². The zero-order chi connectivity index (χ0) is 13.0. The maximum atomic E-state index is 6.27. The molecule has 2 rings (SSSR count). The summed E-state index contributed by atoms with van der Waals surface area (Å²) in [6, 6.07) is 6.00. The lowest BCUT2D eigenvalue weighted by Gasteiger charge is -2.19. The van der Waals surface area contributed by atoms with Gasteiger partial charge in [0.1, 0.15) is 0 Å². The summed E-state index contributed by atoms with van der Waals surface area (Å²) in [7, 11) is 0. The van der Waals surface area contributed by atoms with Crippen LogP contribution in [0.3, 0.4) is 0 Å². The van der Waals surface area contributed by atoms with Crippen molar-refractivity contribution in [3.63, 3.8) is 0 Å². The van der Waals surface area contributed by atoms with Crippen LogP contribution in [0.5, 0.6) is 0 Å². The Kier molecular flexibility index (Phi) is 4.75. The Morgan fingerprint density at radius 2 is 2.28 bits per heavy atom. The Hall–Kier alpha value is -0.900. The maximum Gasteiger partial charge on any atom is 0.0804 e. The highest BCUT2D eigenvalue weighted by Gasteiger charge is 2.19. The molecule has 1 unspecified atom stereocenters. The largest absolute Gasteiger partial charge is 0.305 e. The lowest BCUT2D eigenvalue weighted by atomic mass is 10.0. The highest BCUT2D eigenvalue weighted by Crippen LogP contribution is 2.30. The van der Waals surface area contributed by atoms with Crippen molar-refractivity contribution in [1.82, 2.24) is 10.3 Å². The summed E-state index contributed by atoms with van der Waals surface area (Å²) < 4.78 is 0. The highest BCUT2D eigenvalue weighted by atomic mass is 35.5. The van der Waals surface area contributed by atoms with Crippen molar-refractivity contribution in [2.24, 2.45) is 0 Å². The third kappa shape index (κ3) is 2.91. The molecule has 4 heteroatoms. The molecule has 0 aliphatic rings. The van der Waals surface area contributed by atoms with E-state index in [2.05, 4.69) is 35.6 Å². The first-order valence-electron chi connectivity index (χ1n) is 6.11. The molecule has 0 bridgehead atoms. The van der Waals surface area contributed by atoms with Crippen LogP contribution in [0.1, 0.15) is 35.5 Å². The molecule has 0 saturated heterocycles. The van der Waals surface area contributed by atoms with Gasteiger partial charge in [0.15, 0.2) is 0 Å². The summed E-state index contributed by atoms with van der Waals surface area (Å²) in [5.74, 6) is 0. The Morgan fingerprint density at radius 3 is 2.89 bits per heavy atom. The van der Waals surface area contributed by atoms with E-state index in [0.29, 0.717) is 0 Å². The van der Waals surface area contributed by atoms with Crippen molar-refractivity contribution in [2.45, 2.75) is 26.3 Å². The van der Waals surface area contributed by atoms with Crippen molar-refractivity contribution >= 4 is 22.9 Å². The average Bonchev–Trinajstić information content (AvgIpc) is 2.78. The van der Waals surface area contributed by atoms with Gasteiger partial charge in [-0.2, -0.15) is 0 Å². The number of hydrogen-bond acceptors (Lipinski definition) is 3. The van der Waals surface area contributed by atoms with Gasteiger partial charge in [-0.25, -0.2) is 0 Å². The minimum atomic E-state index is 0.0879. The number of hydrogen-bond donors (Lipinski definition) is 1. The number of thiophene rings is 1. The van der Waals surface area contributed by atoms with E-state index in [-0.39, 0.29) is 6.04 Å². The summed E-state index contributed by atoms with van der Waals surface area (Å²) in [6.07, 6.45) is 2.88. The third-order valence-electron chi connectivity index (χ3n) is 2.87. The normalized spacial score (nSPS) is 12.6. The summed E-state index contributed by atoms with van der Waals surface area (Å²) in [6.45, 7) is 5.24. The van der Waals surface area contributed by atoms with Crippen molar-refractivity contribution in [2.75, 3.05) is 6.54 Å². The standard InChI is InChI=1S/C14H17ClN2S/c1-3-7-16-13(11-6-9-18-10(11)2)14-12(15)5-4-8-17-14/h4-6,8-9,13,16H,3,7H2,1-2H3. The van der Waals surface area contributed by atoms with Gasteiger partial charge in [-0.1, -0.05) is 18.5 Å². The summed E-state index contributed by atoms with van der Waals surface area (Å²) >= 11 is 8.02. The zero-order valence-electron chi connectivity index (χ0n) is 10.6. The van der Waals surface area contributed by atoms with Crippen LogP contribution in [0.25, 0.3) is 0 Å². The van der Waals surface area contributed by atoms with E-state index in [9.17, 15) is 0 Å². The van der Waals surface area contributed by atoms with E-state index >= 15 is 0 Å². The quantitative estimate of drug-likeness (QED) is 0.888. The van der Waals surface area contributed by atoms with E-state index in [0.717, 1.165) is 23.7 Å². The van der Waals surface area contributed by atoms with Gasteiger partial charge in [-0.3, -0.25) is 4.98 Å². The van der Waals surface area contributed by atoms with Gasteiger partial charge in [0, 0.05) is 11.1 Å². The predicted molar refractivity (Wildman–Crippen MR) is 78.4 cm³/mol. The summed E-state index contributed by atoms with van der Waals surface area (Å²) in [5.41, 5.74) is 2.18. The van der Waals surface area contributed by atoms with Gasteiger partial charge in [0.25, 0.3) is 0 Å². The minimum Gasteiger partial charge on any atom is -0.305 e. The summed E-state index contributed by atoms with van der Waals surface area (Å²) in [4.78, 5) is 5.75. The molecule has 2 aromatic rings. The Morgan fingerprint density at radius 1 is 1.44 bits per heavy atom. The van der Waals surface area contributed by atoms with Gasteiger partial charge in [0.2, 0.25) is 0 Å². The molecule has 0 amide bonds. The van der Waals surface area contributed by atoms with E-state index in [4.69, 9.17) is 11.6 Å². The molecular formula is C14H17ClN2S. The lowest BCUT2D eigenvalue weighted by Crippen LogP contribution is -2.24. The van der Waals surface area contributed by atoms with Gasteiger partial charge in [0.05, 0.1) is 16.8 Å². The second-order valence-corrected chi connectivity index (χ2v) is 5.72. The van der Waals surface area contributed by atoms with Crippen LogP contribution in [-0.2, 0) is 0 Å². The fourth-order valence-electron chi connectivity index (χ4n) is 1.95. The van der Waals surface area contributed by atoms with E-state index in [1.165, 1.54) is 10.4 Å². The van der Waals surface area contributed by atoms with E-state index in [1.807, 2.05) is 12.1 Å². The van der Waals surface area contributed by atoms with Crippen LogP contribution in [0, 0.1) is 6.92 Å². The van der Waals surface area contributed by atoms with Crippen LogP contribution in [-0.4, -0.2) is 11.5 Å². The topological polar surface area (TPSA) is 24.9 Å². The maximum absolute atomic E-state index is 6.27. The van der Waals surface area contributed by atoms with Crippen LogP contribution < -0.4 is 5.32 Å². The number of rotatable bonds is 5.